The van der Waals surface area contributed by atoms with Gasteiger partial charge in [-0.2, -0.15) is 0 Å². The maximum Gasteiger partial charge on any atom is 0.178 e. The molecule has 0 unspecified atom stereocenters. The third-order valence-electron chi connectivity index (χ3n) is 5.70. The van der Waals surface area contributed by atoms with Gasteiger partial charge in [0.1, 0.15) is 5.41 Å². The number of hydrogen-bond acceptors (Lipinski definition) is 2. The van der Waals surface area contributed by atoms with E-state index < -0.39 is 5.41 Å². The number of carbonyl (C=O) groups is 2. The summed E-state index contributed by atoms with van der Waals surface area (Å²) in [6, 6.07) is 7.11. The van der Waals surface area contributed by atoms with Crippen LogP contribution in [0.25, 0.3) is 0 Å². The van der Waals surface area contributed by atoms with Crippen molar-refractivity contribution in [2.24, 2.45) is 5.41 Å². The van der Waals surface area contributed by atoms with Gasteiger partial charge in [0.25, 0.3) is 0 Å². The minimum Gasteiger partial charge on any atom is -0.293 e. The van der Waals surface area contributed by atoms with Crippen molar-refractivity contribution in [3.63, 3.8) is 0 Å². The van der Waals surface area contributed by atoms with Crippen LogP contribution in [-0.2, 0) is 0 Å². The molecular formula is C26H34O2. The molecule has 0 saturated heterocycles. The standard InChI is InChI=1S/C26H34O2/c1-3-5-6-7-8-9-10-11-12-13-14-17-21-26(20-4-2)24(27)22-18-15-16-19-23(22)25(26)28/h4,15-16,18-19H,2-3,5-13,20-21H2,1H3. The van der Waals surface area contributed by atoms with E-state index >= 15 is 0 Å². The van der Waals surface area contributed by atoms with Crippen LogP contribution in [0, 0.1) is 17.3 Å². The zero-order valence-electron chi connectivity index (χ0n) is 17.4. The van der Waals surface area contributed by atoms with Crippen molar-refractivity contribution in [3.05, 3.63) is 48.0 Å². The van der Waals surface area contributed by atoms with Crippen LogP contribution in [0.5, 0.6) is 0 Å². The van der Waals surface area contributed by atoms with E-state index in [1.807, 2.05) is 12.1 Å². The van der Waals surface area contributed by atoms with E-state index in [1.165, 1.54) is 51.4 Å². The Kier molecular flexibility index (Phi) is 9.21. The van der Waals surface area contributed by atoms with Gasteiger partial charge in [-0.3, -0.25) is 9.59 Å². The van der Waals surface area contributed by atoms with Gasteiger partial charge in [-0.1, -0.05) is 88.6 Å². The van der Waals surface area contributed by atoms with E-state index in [1.54, 1.807) is 18.2 Å². The zero-order valence-corrected chi connectivity index (χ0v) is 17.4. The predicted octanol–water partition coefficient (Wildman–Crippen LogP) is 6.94. The average Bonchev–Trinajstić information content (AvgIpc) is 2.92. The molecule has 0 aliphatic heterocycles. The Balaban J connectivity index is 1.77. The van der Waals surface area contributed by atoms with E-state index in [0.717, 1.165) is 12.8 Å². The summed E-state index contributed by atoms with van der Waals surface area (Å²) in [6.45, 7) is 6.01. The van der Waals surface area contributed by atoms with Crippen LogP contribution in [0.1, 0.15) is 105 Å². The summed E-state index contributed by atoms with van der Waals surface area (Å²) in [5.41, 5.74) is 0.0156. The van der Waals surface area contributed by atoms with Crippen molar-refractivity contribution < 1.29 is 9.59 Å². The highest BCUT2D eigenvalue weighted by Crippen LogP contribution is 2.42. The first-order valence-corrected chi connectivity index (χ1v) is 10.9. The van der Waals surface area contributed by atoms with E-state index in [-0.39, 0.29) is 11.6 Å². The summed E-state index contributed by atoms with van der Waals surface area (Å²) in [5.74, 6) is 6.14. The molecule has 0 radical (unpaired) electrons. The van der Waals surface area contributed by atoms with Gasteiger partial charge in [0.15, 0.2) is 11.6 Å². The minimum absolute atomic E-state index is 0.0922. The highest BCUT2D eigenvalue weighted by Gasteiger charge is 2.51. The highest BCUT2D eigenvalue weighted by atomic mass is 16.2. The van der Waals surface area contributed by atoms with E-state index in [4.69, 9.17) is 0 Å². The Morgan fingerprint density at radius 3 is 1.93 bits per heavy atom. The van der Waals surface area contributed by atoms with Gasteiger partial charge < -0.3 is 0 Å². The molecule has 0 N–H and O–H groups in total. The number of fused-ring (bicyclic) bond motifs is 1. The van der Waals surface area contributed by atoms with Crippen LogP contribution >= 0.6 is 0 Å². The van der Waals surface area contributed by atoms with Gasteiger partial charge in [0.05, 0.1) is 0 Å². The number of hydrogen-bond donors (Lipinski definition) is 0. The van der Waals surface area contributed by atoms with Crippen LogP contribution < -0.4 is 0 Å². The molecule has 0 atom stereocenters. The van der Waals surface area contributed by atoms with Gasteiger partial charge >= 0.3 is 0 Å². The smallest absolute Gasteiger partial charge is 0.178 e. The fourth-order valence-corrected chi connectivity index (χ4v) is 3.99. The summed E-state index contributed by atoms with van der Waals surface area (Å²) in [4.78, 5) is 25.8. The van der Waals surface area contributed by atoms with Gasteiger partial charge in [-0.25, -0.2) is 0 Å². The lowest BCUT2D eigenvalue weighted by molar-refractivity contribution is 0.0706. The lowest BCUT2D eigenvalue weighted by atomic mass is 9.76. The highest BCUT2D eigenvalue weighted by molar-refractivity contribution is 6.29. The number of ketones is 2. The van der Waals surface area contributed by atoms with Gasteiger partial charge in [-0.05, 0) is 12.8 Å². The second-order valence-corrected chi connectivity index (χ2v) is 7.89. The van der Waals surface area contributed by atoms with E-state index in [0.29, 0.717) is 24.0 Å². The fraction of sp³-hybridized carbons (Fsp3) is 0.538. The summed E-state index contributed by atoms with van der Waals surface area (Å²) in [5, 5.41) is 0. The molecule has 0 spiro atoms. The lowest BCUT2D eigenvalue weighted by Crippen LogP contribution is -2.32. The molecule has 0 bridgehead atoms. The Morgan fingerprint density at radius 2 is 1.39 bits per heavy atom. The Hall–Kier alpha value is -2.14. The second kappa shape index (κ2) is 11.6. The molecule has 2 rings (SSSR count). The van der Waals surface area contributed by atoms with Gasteiger partial charge in [0, 0.05) is 24.0 Å². The average molecular weight is 379 g/mol. The van der Waals surface area contributed by atoms with Crippen LogP contribution in [0.15, 0.2) is 36.9 Å². The third-order valence-corrected chi connectivity index (χ3v) is 5.70. The topological polar surface area (TPSA) is 34.1 Å². The van der Waals surface area contributed by atoms with Crippen LogP contribution in [0.3, 0.4) is 0 Å². The van der Waals surface area contributed by atoms with Crippen LogP contribution in [-0.4, -0.2) is 11.6 Å². The first kappa shape index (κ1) is 22.2. The summed E-state index contributed by atoms with van der Waals surface area (Å²) in [6.07, 6.45) is 14.8. The Bertz CT molecular complexity index is 697. The summed E-state index contributed by atoms with van der Waals surface area (Å²) >= 11 is 0. The van der Waals surface area contributed by atoms with Crippen molar-refractivity contribution >= 4 is 11.6 Å². The van der Waals surface area contributed by atoms with Crippen molar-refractivity contribution in [2.75, 3.05) is 0 Å². The summed E-state index contributed by atoms with van der Waals surface area (Å²) < 4.78 is 0. The maximum atomic E-state index is 12.9. The molecule has 150 valence electrons. The molecule has 1 aromatic carbocycles. The lowest BCUT2D eigenvalue weighted by Gasteiger charge is -2.21. The second-order valence-electron chi connectivity index (χ2n) is 7.89. The van der Waals surface area contributed by atoms with Crippen molar-refractivity contribution in [2.45, 2.75) is 84.0 Å². The molecule has 0 amide bonds. The molecule has 0 saturated carbocycles. The fourth-order valence-electron chi connectivity index (χ4n) is 3.99. The summed E-state index contributed by atoms with van der Waals surface area (Å²) in [7, 11) is 0. The monoisotopic (exact) mass is 378 g/mol. The predicted molar refractivity (Wildman–Crippen MR) is 117 cm³/mol. The van der Waals surface area contributed by atoms with Crippen LogP contribution in [0.4, 0.5) is 0 Å². The van der Waals surface area contributed by atoms with Gasteiger partial charge in [-0.15, -0.1) is 18.4 Å². The number of allylic oxidation sites excluding steroid dienone is 1. The molecule has 2 heteroatoms. The quantitative estimate of drug-likeness (QED) is 0.171. The first-order chi connectivity index (χ1) is 13.7. The molecule has 1 aromatic rings. The Morgan fingerprint density at radius 1 is 0.857 bits per heavy atom. The largest absolute Gasteiger partial charge is 0.293 e. The number of rotatable bonds is 12. The Labute approximate surface area is 170 Å². The minimum atomic E-state index is -1.06. The maximum absolute atomic E-state index is 12.9. The third kappa shape index (κ3) is 5.44. The van der Waals surface area contributed by atoms with E-state index in [2.05, 4.69) is 25.3 Å². The van der Waals surface area contributed by atoms with E-state index in [9.17, 15) is 9.59 Å². The molecule has 0 fully saturated rings. The number of unbranched alkanes of at least 4 members (excludes halogenated alkanes) is 9. The molecule has 1 aliphatic rings. The molecule has 0 heterocycles. The van der Waals surface area contributed by atoms with Crippen molar-refractivity contribution in [1.29, 1.82) is 0 Å². The van der Waals surface area contributed by atoms with Crippen LogP contribution in [0.2, 0.25) is 0 Å². The number of carbonyl (C=O) groups excluding carboxylic acids is 2. The molecule has 2 nitrogen and oxygen atoms in total. The van der Waals surface area contributed by atoms with Crippen molar-refractivity contribution in [1.82, 2.24) is 0 Å². The number of Topliss-reactive ketones (excluding diaryl/α,β-unsaturated/α-hetero) is 2. The zero-order chi connectivity index (χ0) is 20.2. The molecular weight excluding hydrogens is 344 g/mol. The van der Waals surface area contributed by atoms with Crippen molar-refractivity contribution in [3.8, 4) is 11.8 Å². The number of benzene rings is 1. The SMILES string of the molecule is C=CCC1(CC#CCCCCCCCCCCC)C(=O)c2ccccc2C1=O. The van der Waals surface area contributed by atoms with Gasteiger partial charge in [0.2, 0.25) is 0 Å². The first-order valence-electron chi connectivity index (χ1n) is 10.9. The normalized spacial score (nSPS) is 14.5. The molecule has 0 aromatic heterocycles. The molecule has 28 heavy (non-hydrogen) atoms. The molecule has 1 aliphatic carbocycles.